The van der Waals surface area contributed by atoms with Crippen LogP contribution in [0.25, 0.3) is 0 Å². The summed E-state index contributed by atoms with van der Waals surface area (Å²) in [6.45, 7) is 8.15. The molecule has 0 bridgehead atoms. The number of hydrogen-bond donors (Lipinski definition) is 0. The molecule has 2 aromatic carbocycles. The second-order valence-electron chi connectivity index (χ2n) is 8.00. The molecule has 1 fully saturated rings. The van der Waals surface area contributed by atoms with E-state index in [1.54, 1.807) is 18.2 Å². The van der Waals surface area contributed by atoms with Crippen molar-refractivity contribution in [3.05, 3.63) is 71.8 Å². The Kier molecular flexibility index (Phi) is 5.56. The second kappa shape index (κ2) is 7.90. The number of ether oxygens (including phenoxy) is 2. The number of hydrogen-bond acceptors (Lipinski definition) is 4. The minimum absolute atomic E-state index is 0.146. The van der Waals surface area contributed by atoms with E-state index in [1.807, 2.05) is 50.2 Å². The van der Waals surface area contributed by atoms with Gasteiger partial charge >= 0.3 is 5.97 Å². The normalized spacial score (nSPS) is 20.4. The van der Waals surface area contributed by atoms with Gasteiger partial charge in [0, 0.05) is 5.56 Å². The number of allylic oxidation sites excluding steroid dienone is 2. The summed E-state index contributed by atoms with van der Waals surface area (Å²) in [5.74, 6) is 0.899. The predicted molar refractivity (Wildman–Crippen MR) is 108 cm³/mol. The van der Waals surface area contributed by atoms with Gasteiger partial charge in [0.05, 0.1) is 5.92 Å². The van der Waals surface area contributed by atoms with Crippen molar-refractivity contribution < 1.29 is 14.3 Å². The Labute approximate surface area is 166 Å². The van der Waals surface area contributed by atoms with Crippen LogP contribution < -0.4 is 4.74 Å². The Morgan fingerprint density at radius 1 is 1.11 bits per heavy atom. The molecule has 28 heavy (non-hydrogen) atoms. The minimum atomic E-state index is -0.962. The van der Waals surface area contributed by atoms with Crippen LogP contribution in [0.4, 0.5) is 0 Å². The van der Waals surface area contributed by atoms with E-state index in [-0.39, 0.29) is 23.2 Å². The molecule has 0 radical (unpaired) electrons. The van der Waals surface area contributed by atoms with Gasteiger partial charge in [0.25, 0.3) is 0 Å². The van der Waals surface area contributed by atoms with Crippen LogP contribution in [-0.2, 0) is 9.53 Å². The van der Waals surface area contributed by atoms with Gasteiger partial charge in [-0.3, -0.25) is 4.79 Å². The fraction of sp³-hybridized carbons (Fsp3) is 0.333. The molecular formula is C24H25NO3. The summed E-state index contributed by atoms with van der Waals surface area (Å²) in [6.07, 6.45) is 1.15. The molecule has 0 aromatic heterocycles. The van der Waals surface area contributed by atoms with Crippen molar-refractivity contribution in [3.8, 4) is 17.6 Å². The maximum absolute atomic E-state index is 12.7. The van der Waals surface area contributed by atoms with Crippen molar-refractivity contribution in [2.45, 2.75) is 33.8 Å². The van der Waals surface area contributed by atoms with Crippen molar-refractivity contribution in [2.24, 2.45) is 17.3 Å². The van der Waals surface area contributed by atoms with Crippen LogP contribution in [0.1, 0.15) is 39.4 Å². The molecule has 3 rings (SSSR count). The third kappa shape index (κ3) is 4.26. The lowest BCUT2D eigenvalue weighted by Crippen LogP contribution is -2.14. The number of benzene rings is 2. The molecule has 1 unspecified atom stereocenters. The van der Waals surface area contributed by atoms with E-state index in [0.717, 1.165) is 0 Å². The maximum atomic E-state index is 12.7. The molecule has 0 aliphatic heterocycles. The lowest BCUT2D eigenvalue weighted by atomic mass is 10.1. The number of nitriles is 1. The van der Waals surface area contributed by atoms with Gasteiger partial charge in [0.2, 0.25) is 6.10 Å². The van der Waals surface area contributed by atoms with Crippen LogP contribution in [0.15, 0.2) is 66.2 Å². The number of rotatable bonds is 6. The van der Waals surface area contributed by atoms with E-state index in [4.69, 9.17) is 9.47 Å². The SMILES string of the molecule is CC(C)=CC1[C@@H](C(=O)O[C@H](C#N)c2cccc(Oc3ccccc3)c2)C1(C)C. The highest BCUT2D eigenvalue weighted by atomic mass is 16.5. The van der Waals surface area contributed by atoms with Gasteiger partial charge in [-0.1, -0.05) is 55.8 Å². The molecule has 1 aliphatic carbocycles. The first kappa shape index (κ1) is 19.7. The molecule has 0 heterocycles. The third-order valence-corrected chi connectivity index (χ3v) is 5.17. The molecule has 4 heteroatoms. The first-order valence-corrected chi connectivity index (χ1v) is 9.41. The summed E-state index contributed by atoms with van der Waals surface area (Å²) >= 11 is 0. The predicted octanol–water partition coefficient (Wildman–Crippen LogP) is 5.83. The Bertz CT molecular complexity index is 920. The third-order valence-electron chi connectivity index (χ3n) is 5.17. The van der Waals surface area contributed by atoms with Gasteiger partial charge < -0.3 is 9.47 Å². The summed E-state index contributed by atoms with van der Waals surface area (Å²) < 4.78 is 11.4. The number of carbonyl (C=O) groups excluding carboxylic acids is 1. The van der Waals surface area contributed by atoms with Gasteiger partial charge in [-0.25, -0.2) is 0 Å². The van der Waals surface area contributed by atoms with Crippen LogP contribution in [0.3, 0.4) is 0 Å². The zero-order valence-corrected chi connectivity index (χ0v) is 16.7. The van der Waals surface area contributed by atoms with Crippen LogP contribution in [0.2, 0.25) is 0 Å². The molecule has 0 spiro atoms. The molecule has 144 valence electrons. The van der Waals surface area contributed by atoms with Crippen LogP contribution in [-0.4, -0.2) is 5.97 Å². The largest absolute Gasteiger partial charge is 0.457 e. The quantitative estimate of drug-likeness (QED) is 0.471. The fourth-order valence-electron chi connectivity index (χ4n) is 3.52. The average Bonchev–Trinajstić information content (AvgIpc) is 3.20. The Morgan fingerprint density at radius 3 is 2.43 bits per heavy atom. The van der Waals surface area contributed by atoms with Crippen molar-refractivity contribution in [1.29, 1.82) is 5.26 Å². The van der Waals surface area contributed by atoms with Crippen LogP contribution in [0, 0.1) is 28.6 Å². The standard InChI is InChI=1S/C24H25NO3/c1-16(2)13-20-22(24(20,3)4)23(26)28-21(15-25)17-9-8-12-19(14-17)27-18-10-6-5-7-11-18/h5-14,20-22H,1-4H3/t20?,21-,22+/m1/s1. The lowest BCUT2D eigenvalue weighted by Gasteiger charge is -2.13. The van der Waals surface area contributed by atoms with E-state index in [9.17, 15) is 10.1 Å². The first-order valence-electron chi connectivity index (χ1n) is 9.41. The van der Waals surface area contributed by atoms with Crippen LogP contribution >= 0.6 is 0 Å². The monoisotopic (exact) mass is 375 g/mol. The smallest absolute Gasteiger partial charge is 0.311 e. The van der Waals surface area contributed by atoms with E-state index in [1.165, 1.54) is 5.57 Å². The topological polar surface area (TPSA) is 59.3 Å². The van der Waals surface area contributed by atoms with Gasteiger partial charge in [0.15, 0.2) is 0 Å². The number of esters is 1. The summed E-state index contributed by atoms with van der Waals surface area (Å²) in [6, 6.07) is 18.6. The second-order valence-corrected chi connectivity index (χ2v) is 8.00. The van der Waals surface area contributed by atoms with Crippen molar-refractivity contribution in [3.63, 3.8) is 0 Å². The number of carbonyl (C=O) groups is 1. The number of nitrogens with zero attached hydrogens (tertiary/aromatic N) is 1. The van der Waals surface area contributed by atoms with Gasteiger partial charge in [-0.15, -0.1) is 0 Å². The van der Waals surface area contributed by atoms with Crippen molar-refractivity contribution in [2.75, 3.05) is 0 Å². The summed E-state index contributed by atoms with van der Waals surface area (Å²) in [4.78, 5) is 12.7. The first-order chi connectivity index (χ1) is 13.3. The van der Waals surface area contributed by atoms with Gasteiger partial charge in [0.1, 0.15) is 17.6 Å². The maximum Gasteiger partial charge on any atom is 0.311 e. The molecule has 1 saturated carbocycles. The Morgan fingerprint density at radius 2 is 1.79 bits per heavy atom. The molecule has 0 amide bonds. The minimum Gasteiger partial charge on any atom is -0.457 e. The lowest BCUT2D eigenvalue weighted by molar-refractivity contribution is -0.149. The van der Waals surface area contributed by atoms with E-state index in [0.29, 0.717) is 17.1 Å². The van der Waals surface area contributed by atoms with Crippen molar-refractivity contribution in [1.82, 2.24) is 0 Å². The van der Waals surface area contributed by atoms with E-state index < -0.39 is 6.10 Å². The molecule has 0 saturated heterocycles. The molecule has 2 aromatic rings. The Hall–Kier alpha value is -3.06. The van der Waals surface area contributed by atoms with Gasteiger partial charge in [-0.2, -0.15) is 5.26 Å². The summed E-state index contributed by atoms with van der Waals surface area (Å²) in [7, 11) is 0. The molecule has 3 atom stereocenters. The van der Waals surface area contributed by atoms with Crippen molar-refractivity contribution >= 4 is 5.97 Å². The molecule has 1 aliphatic rings. The zero-order valence-electron chi connectivity index (χ0n) is 16.7. The fourth-order valence-corrected chi connectivity index (χ4v) is 3.52. The molecular weight excluding hydrogens is 350 g/mol. The van der Waals surface area contributed by atoms with E-state index >= 15 is 0 Å². The molecule has 0 N–H and O–H groups in total. The number of para-hydroxylation sites is 1. The molecule has 4 nitrogen and oxygen atoms in total. The zero-order chi connectivity index (χ0) is 20.3. The summed E-state index contributed by atoms with van der Waals surface area (Å²) in [5, 5.41) is 9.57. The average molecular weight is 375 g/mol. The van der Waals surface area contributed by atoms with Gasteiger partial charge in [-0.05, 0) is 49.4 Å². The highest BCUT2D eigenvalue weighted by molar-refractivity contribution is 5.78. The van der Waals surface area contributed by atoms with Crippen LogP contribution in [0.5, 0.6) is 11.5 Å². The highest BCUT2D eigenvalue weighted by Gasteiger charge is 2.61. The highest BCUT2D eigenvalue weighted by Crippen LogP contribution is 2.60. The summed E-state index contributed by atoms with van der Waals surface area (Å²) in [5.41, 5.74) is 1.63. The van der Waals surface area contributed by atoms with E-state index in [2.05, 4.69) is 26.0 Å². The Balaban J connectivity index is 1.72.